The molecule has 0 aromatic carbocycles. The Morgan fingerprint density at radius 1 is 1.50 bits per heavy atom. The number of carbonyl (C=O) groups excluding carboxylic acids is 1. The van der Waals surface area contributed by atoms with Crippen LogP contribution in [0.3, 0.4) is 0 Å². The van der Waals surface area contributed by atoms with Crippen molar-refractivity contribution >= 4 is 12.0 Å². The number of hydrogen-bond donors (Lipinski definition) is 1. The highest BCUT2D eigenvalue weighted by Gasteiger charge is 2.35. The summed E-state index contributed by atoms with van der Waals surface area (Å²) >= 11 is 0. The standard InChI is InChI=1S/C12H20N2O4/c1-3-6-13(7-8-18-2)12(17)14(9-11(15)16)10-4-5-10/h3,10H,1,4-9H2,2H3,(H,15,16). The number of hydrogen-bond acceptors (Lipinski definition) is 3. The van der Waals surface area contributed by atoms with Gasteiger partial charge >= 0.3 is 12.0 Å². The molecule has 0 unspecified atom stereocenters. The fourth-order valence-corrected chi connectivity index (χ4v) is 1.69. The minimum absolute atomic E-state index is 0.0726. The topological polar surface area (TPSA) is 70.1 Å². The summed E-state index contributed by atoms with van der Waals surface area (Å²) in [7, 11) is 1.56. The molecule has 0 radical (unpaired) electrons. The van der Waals surface area contributed by atoms with Crippen molar-refractivity contribution in [1.82, 2.24) is 9.80 Å². The van der Waals surface area contributed by atoms with Crippen molar-refractivity contribution in [2.24, 2.45) is 0 Å². The highest BCUT2D eigenvalue weighted by Crippen LogP contribution is 2.27. The molecule has 1 fully saturated rings. The third kappa shape index (κ3) is 4.37. The van der Waals surface area contributed by atoms with Crippen molar-refractivity contribution in [3.8, 4) is 0 Å². The molecule has 6 heteroatoms. The van der Waals surface area contributed by atoms with Crippen molar-refractivity contribution in [2.75, 3.05) is 33.4 Å². The minimum Gasteiger partial charge on any atom is -0.480 e. The van der Waals surface area contributed by atoms with E-state index in [1.807, 2.05) is 0 Å². The van der Waals surface area contributed by atoms with E-state index in [0.717, 1.165) is 12.8 Å². The Bertz CT molecular complexity index is 315. The molecule has 1 rings (SSSR count). The monoisotopic (exact) mass is 256 g/mol. The Hall–Kier alpha value is -1.56. The quantitative estimate of drug-likeness (QED) is 0.652. The van der Waals surface area contributed by atoms with E-state index >= 15 is 0 Å². The lowest BCUT2D eigenvalue weighted by molar-refractivity contribution is -0.137. The molecule has 1 aliphatic rings. The van der Waals surface area contributed by atoms with Crippen LogP contribution in [0.2, 0.25) is 0 Å². The number of carbonyl (C=O) groups is 2. The van der Waals surface area contributed by atoms with Crippen LogP contribution in [0.1, 0.15) is 12.8 Å². The first-order valence-corrected chi connectivity index (χ1v) is 5.97. The molecule has 0 aromatic rings. The van der Waals surface area contributed by atoms with Crippen LogP contribution in [0.25, 0.3) is 0 Å². The first kappa shape index (κ1) is 14.5. The lowest BCUT2D eigenvalue weighted by Gasteiger charge is -2.29. The second-order valence-electron chi connectivity index (χ2n) is 4.26. The predicted molar refractivity (Wildman–Crippen MR) is 66.4 cm³/mol. The lowest BCUT2D eigenvalue weighted by Crippen LogP contribution is -2.47. The van der Waals surface area contributed by atoms with Crippen LogP contribution in [-0.2, 0) is 9.53 Å². The molecule has 0 heterocycles. The Balaban J connectivity index is 2.64. The molecule has 102 valence electrons. The van der Waals surface area contributed by atoms with Gasteiger partial charge in [-0.05, 0) is 12.8 Å². The zero-order valence-electron chi connectivity index (χ0n) is 10.7. The number of rotatable bonds is 8. The fraction of sp³-hybridized carbons (Fsp3) is 0.667. The molecule has 0 bridgehead atoms. The maximum atomic E-state index is 12.2. The first-order valence-electron chi connectivity index (χ1n) is 5.97. The summed E-state index contributed by atoms with van der Waals surface area (Å²) in [6, 6.07) is -0.180. The number of urea groups is 1. The van der Waals surface area contributed by atoms with E-state index in [1.165, 1.54) is 4.90 Å². The van der Waals surface area contributed by atoms with Gasteiger partial charge in [0.05, 0.1) is 6.61 Å². The second kappa shape index (κ2) is 7.00. The van der Waals surface area contributed by atoms with Crippen molar-refractivity contribution in [3.63, 3.8) is 0 Å². The van der Waals surface area contributed by atoms with Crippen LogP contribution in [0.5, 0.6) is 0 Å². The Morgan fingerprint density at radius 2 is 2.17 bits per heavy atom. The van der Waals surface area contributed by atoms with Crippen molar-refractivity contribution < 1.29 is 19.4 Å². The molecule has 0 aliphatic heterocycles. The smallest absolute Gasteiger partial charge is 0.323 e. The van der Waals surface area contributed by atoms with Crippen molar-refractivity contribution in [1.29, 1.82) is 0 Å². The molecule has 1 saturated carbocycles. The van der Waals surface area contributed by atoms with Gasteiger partial charge in [-0.1, -0.05) is 6.08 Å². The maximum absolute atomic E-state index is 12.2. The number of carboxylic acids is 1. The summed E-state index contributed by atoms with van der Waals surface area (Å²) in [5.74, 6) is -0.986. The van der Waals surface area contributed by atoms with Gasteiger partial charge in [0.1, 0.15) is 6.54 Å². The zero-order valence-corrected chi connectivity index (χ0v) is 10.7. The van der Waals surface area contributed by atoms with Gasteiger partial charge in [-0.15, -0.1) is 6.58 Å². The molecule has 1 N–H and O–H groups in total. The number of amides is 2. The van der Waals surface area contributed by atoms with Gasteiger partial charge in [0.2, 0.25) is 0 Å². The Kier molecular flexibility index (Phi) is 5.64. The number of ether oxygens (including phenoxy) is 1. The summed E-state index contributed by atoms with van der Waals surface area (Å²) < 4.78 is 4.94. The highest BCUT2D eigenvalue weighted by molar-refractivity contribution is 5.81. The van der Waals surface area contributed by atoms with E-state index in [1.54, 1.807) is 18.1 Å². The average molecular weight is 256 g/mol. The van der Waals surface area contributed by atoms with Crippen LogP contribution in [0.4, 0.5) is 4.79 Å². The molecule has 1 aliphatic carbocycles. The molecule has 0 atom stereocenters. The van der Waals surface area contributed by atoms with Gasteiger partial charge in [0.25, 0.3) is 0 Å². The third-order valence-corrected chi connectivity index (χ3v) is 2.72. The Morgan fingerprint density at radius 3 is 2.61 bits per heavy atom. The van der Waals surface area contributed by atoms with Crippen molar-refractivity contribution in [2.45, 2.75) is 18.9 Å². The minimum atomic E-state index is -0.986. The third-order valence-electron chi connectivity index (χ3n) is 2.72. The summed E-state index contributed by atoms with van der Waals surface area (Å²) in [6.07, 6.45) is 3.38. The van der Waals surface area contributed by atoms with E-state index in [9.17, 15) is 9.59 Å². The van der Waals surface area contributed by atoms with Gasteiger partial charge < -0.3 is 19.6 Å². The molecule has 0 spiro atoms. The zero-order chi connectivity index (χ0) is 13.5. The van der Waals surface area contributed by atoms with Crippen LogP contribution in [-0.4, -0.2) is 66.3 Å². The van der Waals surface area contributed by atoms with Gasteiger partial charge in [-0.25, -0.2) is 4.79 Å². The molecule has 18 heavy (non-hydrogen) atoms. The number of carboxylic acid groups (broad SMARTS) is 1. The SMILES string of the molecule is C=CCN(CCOC)C(=O)N(CC(=O)O)C1CC1. The van der Waals surface area contributed by atoms with E-state index in [4.69, 9.17) is 9.84 Å². The van der Waals surface area contributed by atoms with E-state index < -0.39 is 5.97 Å². The molecule has 2 amide bonds. The summed E-state index contributed by atoms with van der Waals surface area (Å²) in [6.45, 7) is 4.61. The molecular formula is C12H20N2O4. The average Bonchev–Trinajstić information content (AvgIpc) is 3.14. The van der Waals surface area contributed by atoms with E-state index in [2.05, 4.69) is 6.58 Å². The summed E-state index contributed by atoms with van der Waals surface area (Å²) in [5, 5.41) is 8.84. The van der Waals surface area contributed by atoms with Gasteiger partial charge in [-0.2, -0.15) is 0 Å². The number of aliphatic carboxylic acids is 1. The molecule has 0 saturated heterocycles. The van der Waals surface area contributed by atoms with Crippen LogP contribution >= 0.6 is 0 Å². The normalized spacial score (nSPS) is 14.1. The van der Waals surface area contributed by atoms with E-state index in [-0.39, 0.29) is 18.6 Å². The molecular weight excluding hydrogens is 236 g/mol. The number of nitrogens with zero attached hydrogens (tertiary/aromatic N) is 2. The van der Waals surface area contributed by atoms with Crippen LogP contribution in [0, 0.1) is 0 Å². The van der Waals surface area contributed by atoms with Gasteiger partial charge in [0, 0.05) is 26.2 Å². The highest BCUT2D eigenvalue weighted by atomic mass is 16.5. The van der Waals surface area contributed by atoms with Crippen molar-refractivity contribution in [3.05, 3.63) is 12.7 Å². The second-order valence-corrected chi connectivity index (χ2v) is 4.26. The molecule has 0 aromatic heterocycles. The predicted octanol–water partition coefficient (Wildman–Crippen LogP) is 0.790. The fourth-order valence-electron chi connectivity index (χ4n) is 1.69. The van der Waals surface area contributed by atoms with Crippen LogP contribution < -0.4 is 0 Å². The van der Waals surface area contributed by atoms with E-state index in [0.29, 0.717) is 19.7 Å². The molecule has 6 nitrogen and oxygen atoms in total. The first-order chi connectivity index (χ1) is 8.60. The largest absolute Gasteiger partial charge is 0.480 e. The summed E-state index contributed by atoms with van der Waals surface area (Å²) in [4.78, 5) is 26.0. The van der Waals surface area contributed by atoms with Gasteiger partial charge in [-0.3, -0.25) is 4.79 Å². The number of methoxy groups -OCH3 is 1. The van der Waals surface area contributed by atoms with Gasteiger partial charge in [0.15, 0.2) is 0 Å². The summed E-state index contributed by atoms with van der Waals surface area (Å²) in [5.41, 5.74) is 0. The van der Waals surface area contributed by atoms with Crippen LogP contribution in [0.15, 0.2) is 12.7 Å². The Labute approximate surface area is 107 Å². The maximum Gasteiger partial charge on any atom is 0.323 e. The lowest BCUT2D eigenvalue weighted by atomic mass is 10.4.